The summed E-state index contributed by atoms with van der Waals surface area (Å²) in [7, 11) is 1.76. The summed E-state index contributed by atoms with van der Waals surface area (Å²) in [5.41, 5.74) is 8.09. The van der Waals surface area contributed by atoms with Gasteiger partial charge in [0.05, 0.1) is 6.54 Å². The maximum Gasteiger partial charge on any atom is 0.236 e. The number of nitrogens with zero attached hydrogens (tertiary/aromatic N) is 2. The average molecular weight is 247 g/mol. The van der Waals surface area contributed by atoms with Crippen molar-refractivity contribution in [3.05, 3.63) is 29.7 Å². The summed E-state index contributed by atoms with van der Waals surface area (Å²) in [4.78, 5) is 17.2. The molecule has 0 saturated heterocycles. The van der Waals surface area contributed by atoms with E-state index in [9.17, 15) is 4.79 Å². The van der Waals surface area contributed by atoms with Crippen molar-refractivity contribution in [3.63, 3.8) is 0 Å². The summed E-state index contributed by atoms with van der Waals surface area (Å²) in [6.07, 6.45) is 0.782. The van der Waals surface area contributed by atoms with E-state index >= 15 is 0 Å². The molecule has 5 nitrogen and oxygen atoms in total. The predicted molar refractivity (Wildman–Crippen MR) is 69.1 cm³/mol. The molecule has 0 aliphatic carbocycles. The van der Waals surface area contributed by atoms with Crippen LogP contribution in [0, 0.1) is 6.92 Å². The van der Waals surface area contributed by atoms with Crippen LogP contribution in [-0.2, 0) is 11.2 Å². The highest BCUT2D eigenvalue weighted by Gasteiger charge is 2.07. The van der Waals surface area contributed by atoms with E-state index in [1.165, 1.54) is 0 Å². The van der Waals surface area contributed by atoms with Crippen molar-refractivity contribution in [2.75, 3.05) is 20.1 Å². The maximum absolute atomic E-state index is 11.3. The van der Waals surface area contributed by atoms with E-state index in [2.05, 4.69) is 4.98 Å². The first-order valence-corrected chi connectivity index (χ1v) is 5.90. The highest BCUT2D eigenvalue weighted by Crippen LogP contribution is 2.17. The van der Waals surface area contributed by atoms with Crippen molar-refractivity contribution < 1.29 is 9.21 Å². The third kappa shape index (κ3) is 2.68. The normalized spacial score (nSPS) is 10.8. The van der Waals surface area contributed by atoms with Gasteiger partial charge in [-0.2, -0.15) is 0 Å². The number of carbonyl (C=O) groups is 1. The third-order valence-corrected chi connectivity index (χ3v) is 2.90. The van der Waals surface area contributed by atoms with Gasteiger partial charge in [0.2, 0.25) is 5.91 Å². The number of amides is 1. The number of aromatic nitrogens is 1. The van der Waals surface area contributed by atoms with Crippen LogP contribution in [0.25, 0.3) is 11.1 Å². The number of likely N-dealkylation sites (N-methyl/N-ethyl adjacent to an activating group) is 1. The summed E-state index contributed by atoms with van der Waals surface area (Å²) in [6, 6.07) is 5.90. The van der Waals surface area contributed by atoms with Gasteiger partial charge in [-0.3, -0.25) is 4.79 Å². The number of fused-ring (bicyclic) bond motifs is 1. The fourth-order valence-corrected chi connectivity index (χ4v) is 1.82. The molecule has 0 saturated carbocycles. The van der Waals surface area contributed by atoms with Crippen LogP contribution in [-0.4, -0.2) is 35.9 Å². The van der Waals surface area contributed by atoms with Gasteiger partial charge in [-0.25, -0.2) is 4.98 Å². The Hall–Kier alpha value is -1.88. The van der Waals surface area contributed by atoms with Crippen molar-refractivity contribution in [2.45, 2.75) is 13.3 Å². The Labute approximate surface area is 106 Å². The van der Waals surface area contributed by atoms with Crippen LogP contribution in [0.1, 0.15) is 11.5 Å². The summed E-state index contributed by atoms with van der Waals surface area (Å²) in [6.45, 7) is 2.53. The number of hydrogen-bond acceptors (Lipinski definition) is 4. The van der Waals surface area contributed by atoms with Crippen LogP contribution in [0.15, 0.2) is 22.6 Å². The van der Waals surface area contributed by atoms with Crippen LogP contribution in [0.5, 0.6) is 0 Å². The lowest BCUT2D eigenvalue weighted by atomic mass is 10.1. The molecule has 1 amide bonds. The Morgan fingerprint density at radius 1 is 1.50 bits per heavy atom. The van der Waals surface area contributed by atoms with Gasteiger partial charge in [0.1, 0.15) is 5.52 Å². The molecule has 1 heterocycles. The van der Waals surface area contributed by atoms with Gasteiger partial charge in [0.25, 0.3) is 0 Å². The molecule has 1 aromatic heterocycles. The minimum absolute atomic E-state index is 0.0478. The molecule has 2 aromatic rings. The Balaban J connectivity index is 2.05. The maximum atomic E-state index is 11.3. The average Bonchev–Trinajstić information content (AvgIpc) is 2.74. The summed E-state index contributed by atoms with van der Waals surface area (Å²) >= 11 is 0. The van der Waals surface area contributed by atoms with Gasteiger partial charge in [0.15, 0.2) is 11.5 Å². The molecule has 18 heavy (non-hydrogen) atoms. The quantitative estimate of drug-likeness (QED) is 0.878. The van der Waals surface area contributed by atoms with Crippen LogP contribution < -0.4 is 5.73 Å². The monoisotopic (exact) mass is 247 g/mol. The molecule has 5 heteroatoms. The second-order valence-electron chi connectivity index (χ2n) is 4.30. The molecule has 0 radical (unpaired) electrons. The first-order chi connectivity index (χ1) is 8.60. The highest BCUT2D eigenvalue weighted by atomic mass is 16.3. The zero-order valence-electron chi connectivity index (χ0n) is 10.6. The molecule has 96 valence electrons. The number of carbonyl (C=O) groups excluding carboxylic acids is 1. The highest BCUT2D eigenvalue weighted by molar-refractivity contribution is 5.77. The Morgan fingerprint density at radius 3 is 3.00 bits per heavy atom. The van der Waals surface area contributed by atoms with Crippen molar-refractivity contribution in [3.8, 4) is 0 Å². The fourth-order valence-electron chi connectivity index (χ4n) is 1.82. The van der Waals surface area contributed by atoms with Gasteiger partial charge in [-0.15, -0.1) is 0 Å². The fraction of sp³-hybridized carbons (Fsp3) is 0.385. The zero-order chi connectivity index (χ0) is 13.1. The molecular formula is C13H17N3O2. The number of hydrogen-bond donors (Lipinski definition) is 1. The molecule has 2 N–H and O–H groups in total. The van der Waals surface area contributed by atoms with Crippen molar-refractivity contribution >= 4 is 17.0 Å². The standard InChI is InChI=1S/C13H17N3O2/c1-9-15-11-7-10(3-4-12(11)18-9)5-6-16(2)13(17)8-14/h3-4,7H,5-6,8,14H2,1-2H3. The molecule has 0 spiro atoms. The zero-order valence-corrected chi connectivity index (χ0v) is 10.6. The van der Waals surface area contributed by atoms with E-state index in [1.54, 1.807) is 11.9 Å². The lowest BCUT2D eigenvalue weighted by molar-refractivity contribution is -0.128. The molecule has 0 unspecified atom stereocenters. The lowest BCUT2D eigenvalue weighted by Crippen LogP contribution is -2.34. The van der Waals surface area contributed by atoms with E-state index < -0.39 is 0 Å². The summed E-state index contributed by atoms with van der Waals surface area (Å²) < 4.78 is 5.41. The Bertz CT molecular complexity index is 562. The minimum Gasteiger partial charge on any atom is -0.441 e. The van der Waals surface area contributed by atoms with E-state index in [1.807, 2.05) is 25.1 Å². The van der Waals surface area contributed by atoms with E-state index in [4.69, 9.17) is 10.2 Å². The molecule has 0 fully saturated rings. The molecule has 1 aromatic carbocycles. The van der Waals surface area contributed by atoms with E-state index in [-0.39, 0.29) is 12.5 Å². The van der Waals surface area contributed by atoms with Crippen molar-refractivity contribution in [1.29, 1.82) is 0 Å². The number of benzene rings is 1. The van der Waals surface area contributed by atoms with Gasteiger partial charge < -0.3 is 15.1 Å². The number of aryl methyl sites for hydroxylation is 1. The largest absolute Gasteiger partial charge is 0.441 e. The molecule has 0 aliphatic heterocycles. The van der Waals surface area contributed by atoms with Crippen LogP contribution in [0.2, 0.25) is 0 Å². The van der Waals surface area contributed by atoms with E-state index in [0.717, 1.165) is 23.1 Å². The molecular weight excluding hydrogens is 230 g/mol. The van der Waals surface area contributed by atoms with Crippen LogP contribution in [0.3, 0.4) is 0 Å². The smallest absolute Gasteiger partial charge is 0.236 e. The van der Waals surface area contributed by atoms with Crippen LogP contribution >= 0.6 is 0 Å². The van der Waals surface area contributed by atoms with Gasteiger partial charge in [-0.05, 0) is 24.1 Å². The molecule has 0 atom stereocenters. The summed E-state index contributed by atoms with van der Waals surface area (Å²) in [5, 5.41) is 0. The topological polar surface area (TPSA) is 72.4 Å². The minimum atomic E-state index is -0.0478. The second-order valence-corrected chi connectivity index (χ2v) is 4.30. The first kappa shape index (κ1) is 12.6. The number of oxazole rings is 1. The molecule has 0 bridgehead atoms. The van der Waals surface area contributed by atoms with Crippen molar-refractivity contribution in [1.82, 2.24) is 9.88 Å². The van der Waals surface area contributed by atoms with E-state index in [0.29, 0.717) is 12.4 Å². The first-order valence-electron chi connectivity index (χ1n) is 5.90. The SMILES string of the molecule is Cc1nc2cc(CCN(C)C(=O)CN)ccc2o1. The molecule has 0 aliphatic rings. The predicted octanol–water partition coefficient (Wildman–Crippen LogP) is 1.10. The molecule has 2 rings (SSSR count). The third-order valence-electron chi connectivity index (χ3n) is 2.90. The van der Waals surface area contributed by atoms with Gasteiger partial charge in [0, 0.05) is 20.5 Å². The van der Waals surface area contributed by atoms with Crippen molar-refractivity contribution in [2.24, 2.45) is 5.73 Å². The van der Waals surface area contributed by atoms with Gasteiger partial charge >= 0.3 is 0 Å². The number of nitrogens with two attached hydrogens (primary N) is 1. The van der Waals surface area contributed by atoms with Crippen LogP contribution in [0.4, 0.5) is 0 Å². The Kier molecular flexibility index (Phi) is 3.62. The number of rotatable bonds is 4. The Morgan fingerprint density at radius 2 is 2.28 bits per heavy atom. The lowest BCUT2D eigenvalue weighted by Gasteiger charge is -2.15. The van der Waals surface area contributed by atoms with Gasteiger partial charge in [-0.1, -0.05) is 6.07 Å². The second kappa shape index (κ2) is 5.18. The summed E-state index contributed by atoms with van der Waals surface area (Å²) in [5.74, 6) is 0.617.